The summed E-state index contributed by atoms with van der Waals surface area (Å²) in [5.41, 5.74) is 0. The maximum atomic E-state index is 12.9. The summed E-state index contributed by atoms with van der Waals surface area (Å²) < 4.78 is 44.1. The van der Waals surface area contributed by atoms with Crippen LogP contribution in [0.15, 0.2) is 23.1 Å². The minimum absolute atomic E-state index is 0.0193. The quantitative estimate of drug-likeness (QED) is 0.616. The van der Waals surface area contributed by atoms with E-state index < -0.39 is 10.0 Å². The summed E-state index contributed by atoms with van der Waals surface area (Å²) >= 11 is 0. The molecule has 11 heteroatoms. The van der Waals surface area contributed by atoms with Crippen molar-refractivity contribution in [3.8, 4) is 17.5 Å². The number of aromatic nitrogens is 3. The van der Waals surface area contributed by atoms with Gasteiger partial charge in [-0.05, 0) is 26.0 Å². The van der Waals surface area contributed by atoms with Crippen LogP contribution in [-0.4, -0.2) is 57.8 Å². The second-order valence-electron chi connectivity index (χ2n) is 5.73. The van der Waals surface area contributed by atoms with Crippen molar-refractivity contribution in [2.45, 2.75) is 25.3 Å². The molecule has 10 nitrogen and oxygen atoms in total. The highest BCUT2D eigenvalue weighted by atomic mass is 32.2. The number of hydrogen-bond donors (Lipinski definition) is 1. The average Bonchev–Trinajstić information content (AvgIpc) is 2.67. The lowest BCUT2D eigenvalue weighted by atomic mass is 10.3. The minimum Gasteiger partial charge on any atom is -0.494 e. The summed E-state index contributed by atoms with van der Waals surface area (Å²) in [6, 6.07) is 4.75. The number of rotatable bonds is 10. The van der Waals surface area contributed by atoms with Crippen molar-refractivity contribution < 1.29 is 22.6 Å². The Balaban J connectivity index is 2.31. The molecule has 154 valence electrons. The van der Waals surface area contributed by atoms with E-state index in [1.165, 1.54) is 13.2 Å². The lowest BCUT2D eigenvalue weighted by molar-refractivity contribution is 0.322. The van der Waals surface area contributed by atoms with Gasteiger partial charge in [-0.1, -0.05) is 0 Å². The molecule has 0 aliphatic heterocycles. The molecule has 0 saturated heterocycles. The molecule has 0 bridgehead atoms. The van der Waals surface area contributed by atoms with Crippen LogP contribution in [0.5, 0.6) is 17.5 Å². The van der Waals surface area contributed by atoms with Gasteiger partial charge in [-0.25, -0.2) is 13.1 Å². The van der Waals surface area contributed by atoms with Crippen molar-refractivity contribution in [2.24, 2.45) is 0 Å². The summed E-state index contributed by atoms with van der Waals surface area (Å²) in [6.07, 6.45) is 0. The van der Waals surface area contributed by atoms with Crippen molar-refractivity contribution >= 4 is 16.0 Å². The van der Waals surface area contributed by atoms with Gasteiger partial charge in [0.05, 0.1) is 26.9 Å². The Bertz CT molecular complexity index is 905. The van der Waals surface area contributed by atoms with Gasteiger partial charge in [0.15, 0.2) is 5.82 Å². The molecule has 1 N–H and O–H groups in total. The standard InChI is InChI=1S/C17H25N5O5S/c1-6-26-12-8-9-13(27-7-2)14(10-12)28(23,24)18-11-15-19-16(22(3)4)21-17(20-15)25-5/h8-10,18H,6-7,11H2,1-5H3. The van der Waals surface area contributed by atoms with Crippen LogP contribution in [0.25, 0.3) is 0 Å². The molecule has 28 heavy (non-hydrogen) atoms. The molecular formula is C17H25N5O5S. The van der Waals surface area contributed by atoms with E-state index in [4.69, 9.17) is 14.2 Å². The predicted molar refractivity (Wildman–Crippen MR) is 104 cm³/mol. The Hall–Kier alpha value is -2.66. The highest BCUT2D eigenvalue weighted by Crippen LogP contribution is 2.28. The maximum absolute atomic E-state index is 12.9. The molecule has 0 radical (unpaired) electrons. The van der Waals surface area contributed by atoms with Crippen molar-refractivity contribution in [1.29, 1.82) is 0 Å². The van der Waals surface area contributed by atoms with Crippen molar-refractivity contribution in [3.05, 3.63) is 24.0 Å². The zero-order valence-corrected chi connectivity index (χ0v) is 17.4. The predicted octanol–water partition coefficient (Wildman–Crippen LogP) is 1.22. The van der Waals surface area contributed by atoms with E-state index in [1.54, 1.807) is 38.1 Å². The number of methoxy groups -OCH3 is 1. The summed E-state index contributed by atoms with van der Waals surface area (Å²) in [4.78, 5) is 14.0. The van der Waals surface area contributed by atoms with E-state index in [0.29, 0.717) is 24.9 Å². The van der Waals surface area contributed by atoms with Crippen LogP contribution in [-0.2, 0) is 16.6 Å². The smallest absolute Gasteiger partial charge is 0.321 e. The zero-order valence-electron chi connectivity index (χ0n) is 16.6. The van der Waals surface area contributed by atoms with E-state index in [9.17, 15) is 8.42 Å². The van der Waals surface area contributed by atoms with Gasteiger partial charge in [0, 0.05) is 20.2 Å². The highest BCUT2D eigenvalue weighted by molar-refractivity contribution is 7.89. The fourth-order valence-electron chi connectivity index (χ4n) is 2.22. The Kier molecular flexibility index (Phi) is 7.35. The van der Waals surface area contributed by atoms with Gasteiger partial charge in [-0.3, -0.25) is 0 Å². The van der Waals surface area contributed by atoms with E-state index in [2.05, 4.69) is 19.7 Å². The second-order valence-corrected chi connectivity index (χ2v) is 7.47. The van der Waals surface area contributed by atoms with Crippen LogP contribution in [0.1, 0.15) is 19.7 Å². The molecular weight excluding hydrogens is 386 g/mol. The monoisotopic (exact) mass is 411 g/mol. The van der Waals surface area contributed by atoms with E-state index in [1.807, 2.05) is 6.92 Å². The van der Waals surface area contributed by atoms with Crippen LogP contribution < -0.4 is 23.8 Å². The topological polar surface area (TPSA) is 116 Å². The zero-order chi connectivity index (χ0) is 20.7. The SMILES string of the molecule is CCOc1ccc(OCC)c(S(=O)(=O)NCc2nc(OC)nc(N(C)C)n2)c1. The molecule has 2 rings (SSSR count). The van der Waals surface area contributed by atoms with Crippen molar-refractivity contribution in [3.63, 3.8) is 0 Å². The normalized spacial score (nSPS) is 11.2. The van der Waals surface area contributed by atoms with Gasteiger partial charge in [-0.15, -0.1) is 0 Å². The van der Waals surface area contributed by atoms with Gasteiger partial charge >= 0.3 is 6.01 Å². The third-order valence-corrected chi connectivity index (χ3v) is 4.89. The molecule has 0 amide bonds. The van der Waals surface area contributed by atoms with Crippen LogP contribution in [0, 0.1) is 0 Å². The molecule has 0 saturated carbocycles. The van der Waals surface area contributed by atoms with Crippen LogP contribution in [0.2, 0.25) is 0 Å². The number of nitrogens with one attached hydrogen (secondary N) is 1. The van der Waals surface area contributed by atoms with E-state index >= 15 is 0 Å². The van der Waals surface area contributed by atoms with E-state index in [-0.39, 0.29) is 29.0 Å². The summed E-state index contributed by atoms with van der Waals surface area (Å²) in [5.74, 6) is 1.25. The molecule has 0 atom stereocenters. The van der Waals surface area contributed by atoms with Gasteiger partial charge in [0.25, 0.3) is 0 Å². The van der Waals surface area contributed by atoms with Gasteiger partial charge in [0.2, 0.25) is 16.0 Å². The Morgan fingerprint density at radius 3 is 2.39 bits per heavy atom. The third-order valence-electron chi connectivity index (χ3n) is 3.47. The highest BCUT2D eigenvalue weighted by Gasteiger charge is 2.22. The largest absolute Gasteiger partial charge is 0.494 e. The summed E-state index contributed by atoms with van der Waals surface area (Å²) in [5, 5.41) is 0. The van der Waals surface area contributed by atoms with Gasteiger partial charge < -0.3 is 19.1 Å². The Morgan fingerprint density at radius 1 is 1.07 bits per heavy atom. The van der Waals surface area contributed by atoms with Gasteiger partial charge in [-0.2, -0.15) is 15.0 Å². The number of benzene rings is 1. The van der Waals surface area contributed by atoms with Crippen LogP contribution in [0.3, 0.4) is 0 Å². The second kappa shape index (κ2) is 9.51. The Morgan fingerprint density at radius 2 is 1.79 bits per heavy atom. The summed E-state index contributed by atoms with van der Waals surface area (Å²) in [7, 11) is 1.03. The van der Waals surface area contributed by atoms with Crippen LogP contribution in [0.4, 0.5) is 5.95 Å². The van der Waals surface area contributed by atoms with E-state index in [0.717, 1.165) is 0 Å². The number of anilines is 1. The molecule has 2 aromatic rings. The van der Waals surface area contributed by atoms with Crippen molar-refractivity contribution in [2.75, 3.05) is 39.3 Å². The first-order chi connectivity index (χ1) is 13.3. The fourth-order valence-corrected chi connectivity index (χ4v) is 3.36. The number of hydrogen-bond acceptors (Lipinski definition) is 9. The first kappa shape index (κ1) is 21.6. The average molecular weight is 411 g/mol. The Labute approximate surface area is 164 Å². The number of ether oxygens (including phenoxy) is 3. The number of nitrogens with zero attached hydrogens (tertiary/aromatic N) is 4. The molecule has 0 aliphatic rings. The first-order valence-corrected chi connectivity index (χ1v) is 10.1. The maximum Gasteiger partial charge on any atom is 0.321 e. The molecule has 0 fully saturated rings. The summed E-state index contributed by atoms with van der Waals surface area (Å²) in [6.45, 7) is 4.19. The first-order valence-electron chi connectivity index (χ1n) is 8.66. The van der Waals surface area contributed by atoms with Crippen LogP contribution >= 0.6 is 0 Å². The fraction of sp³-hybridized carbons (Fsp3) is 0.471. The van der Waals surface area contributed by atoms with Gasteiger partial charge in [0.1, 0.15) is 16.4 Å². The third kappa shape index (κ3) is 5.42. The minimum atomic E-state index is -3.91. The lowest BCUT2D eigenvalue weighted by Crippen LogP contribution is -2.26. The van der Waals surface area contributed by atoms with Crippen molar-refractivity contribution in [1.82, 2.24) is 19.7 Å². The molecule has 1 aromatic heterocycles. The molecule has 0 spiro atoms. The molecule has 1 aromatic carbocycles. The number of sulfonamides is 1. The molecule has 0 aliphatic carbocycles. The molecule has 1 heterocycles. The molecule has 0 unspecified atom stereocenters. The lowest BCUT2D eigenvalue weighted by Gasteiger charge is -2.14.